The largest absolute Gasteiger partial charge is 0.373 e. The van der Waals surface area contributed by atoms with E-state index in [1.807, 2.05) is 23.1 Å². The van der Waals surface area contributed by atoms with Crippen LogP contribution in [0.5, 0.6) is 0 Å². The Hall–Kier alpha value is -2.70. The van der Waals surface area contributed by atoms with Crippen LogP contribution in [0, 0.1) is 5.92 Å². The highest BCUT2D eigenvalue weighted by molar-refractivity contribution is 5.80. The molecule has 0 aromatic heterocycles. The van der Waals surface area contributed by atoms with Crippen LogP contribution >= 0.6 is 0 Å². The molecular weight excluding hydrogens is 438 g/mol. The zero-order valence-corrected chi connectivity index (χ0v) is 21.1. The number of nitrogens with zero attached hydrogens (tertiary/aromatic N) is 2. The summed E-state index contributed by atoms with van der Waals surface area (Å²) in [5, 5.41) is 3.10. The Morgan fingerprint density at radius 2 is 1.51 bits per heavy atom. The number of piperidine rings is 1. The summed E-state index contributed by atoms with van der Waals surface area (Å²) in [7, 11) is 0. The molecule has 2 aromatic carbocycles. The van der Waals surface area contributed by atoms with Gasteiger partial charge in [0.1, 0.15) is 0 Å². The summed E-state index contributed by atoms with van der Waals surface area (Å²) >= 11 is 0. The molecule has 2 amide bonds. The molecule has 1 N–H and O–H groups in total. The van der Waals surface area contributed by atoms with Crippen LogP contribution in [-0.2, 0) is 33.8 Å². The molecule has 2 aromatic rings. The van der Waals surface area contributed by atoms with Crippen molar-refractivity contribution in [3.8, 4) is 0 Å². The Balaban J connectivity index is 1.16. The topological polar surface area (TPSA) is 61.9 Å². The number of rotatable bonds is 8. The van der Waals surface area contributed by atoms with Crippen LogP contribution in [0.15, 0.2) is 54.6 Å². The van der Waals surface area contributed by atoms with Crippen LogP contribution in [0.3, 0.4) is 0 Å². The lowest BCUT2D eigenvalue weighted by Gasteiger charge is -2.35. The van der Waals surface area contributed by atoms with E-state index in [9.17, 15) is 9.59 Å². The van der Waals surface area contributed by atoms with Crippen molar-refractivity contribution in [1.29, 1.82) is 0 Å². The predicted octanol–water partition coefficient (Wildman–Crippen LogP) is 3.78. The molecule has 0 aliphatic carbocycles. The number of aryl methyl sites for hydroxylation is 1. The van der Waals surface area contributed by atoms with E-state index in [0.717, 1.165) is 44.5 Å². The number of carbonyl (C=O) groups is 2. The number of ether oxygens (including phenoxy) is 1. The van der Waals surface area contributed by atoms with Gasteiger partial charge in [0.15, 0.2) is 0 Å². The monoisotopic (exact) mass is 477 g/mol. The molecule has 0 spiro atoms. The van der Waals surface area contributed by atoms with Crippen molar-refractivity contribution in [3.63, 3.8) is 0 Å². The zero-order chi connectivity index (χ0) is 24.6. The Bertz CT molecular complexity index is 945. The van der Waals surface area contributed by atoms with Crippen LogP contribution in [0.4, 0.5) is 0 Å². The second-order valence-electron chi connectivity index (χ2n) is 10.1. The SMILES string of the molecule is CC1CN(Cc2ccc(CNC(=O)C3CCN(C(=O)CCc4ccccc4)CC3)cc2)CC(C)O1. The molecule has 6 nitrogen and oxygen atoms in total. The highest BCUT2D eigenvalue weighted by Gasteiger charge is 2.27. The molecule has 0 bridgehead atoms. The van der Waals surface area contributed by atoms with Gasteiger partial charge < -0.3 is 15.0 Å². The molecule has 0 saturated carbocycles. The highest BCUT2D eigenvalue weighted by atomic mass is 16.5. The molecule has 2 atom stereocenters. The van der Waals surface area contributed by atoms with Crippen molar-refractivity contribution in [2.24, 2.45) is 5.92 Å². The van der Waals surface area contributed by atoms with Gasteiger partial charge in [-0.3, -0.25) is 14.5 Å². The molecule has 2 unspecified atom stereocenters. The number of amides is 2. The number of benzene rings is 2. The predicted molar refractivity (Wildman–Crippen MR) is 138 cm³/mol. The highest BCUT2D eigenvalue weighted by Crippen LogP contribution is 2.19. The lowest BCUT2D eigenvalue weighted by molar-refractivity contribution is -0.135. The summed E-state index contributed by atoms with van der Waals surface area (Å²) in [6.07, 6.45) is 3.31. The van der Waals surface area contributed by atoms with Gasteiger partial charge in [0.05, 0.1) is 12.2 Å². The Kier molecular flexibility index (Phi) is 8.94. The lowest BCUT2D eigenvalue weighted by atomic mass is 9.95. The third kappa shape index (κ3) is 7.64. The van der Waals surface area contributed by atoms with E-state index >= 15 is 0 Å². The first-order valence-electron chi connectivity index (χ1n) is 13.0. The molecule has 35 heavy (non-hydrogen) atoms. The van der Waals surface area contributed by atoms with Crippen molar-refractivity contribution in [2.75, 3.05) is 26.2 Å². The van der Waals surface area contributed by atoms with Crippen LogP contribution in [0.1, 0.15) is 49.8 Å². The van der Waals surface area contributed by atoms with Gasteiger partial charge in [-0.05, 0) is 49.8 Å². The van der Waals surface area contributed by atoms with E-state index in [-0.39, 0.29) is 29.9 Å². The minimum atomic E-state index is -0.0160. The average molecular weight is 478 g/mol. The molecule has 0 radical (unpaired) electrons. The fraction of sp³-hybridized carbons (Fsp3) is 0.517. The van der Waals surface area contributed by atoms with Crippen LogP contribution < -0.4 is 5.32 Å². The summed E-state index contributed by atoms with van der Waals surface area (Å²) in [5.74, 6) is 0.272. The Labute approximate surface area is 209 Å². The number of morpholine rings is 1. The number of hydrogen-bond donors (Lipinski definition) is 1. The van der Waals surface area contributed by atoms with Gasteiger partial charge in [-0.15, -0.1) is 0 Å². The summed E-state index contributed by atoms with van der Waals surface area (Å²) in [4.78, 5) is 29.6. The van der Waals surface area contributed by atoms with E-state index in [2.05, 4.69) is 60.5 Å². The number of nitrogens with one attached hydrogen (secondary N) is 1. The molecule has 6 heteroatoms. The maximum Gasteiger partial charge on any atom is 0.223 e. The third-order valence-corrected chi connectivity index (χ3v) is 7.08. The second-order valence-corrected chi connectivity index (χ2v) is 10.1. The molecule has 4 rings (SSSR count). The van der Waals surface area contributed by atoms with Crippen molar-refractivity contribution in [1.82, 2.24) is 15.1 Å². The number of likely N-dealkylation sites (tertiary alicyclic amines) is 1. The van der Waals surface area contributed by atoms with Crippen LogP contribution in [0.2, 0.25) is 0 Å². The van der Waals surface area contributed by atoms with Gasteiger partial charge in [-0.1, -0.05) is 54.6 Å². The quantitative estimate of drug-likeness (QED) is 0.629. The van der Waals surface area contributed by atoms with Gasteiger partial charge in [0.2, 0.25) is 11.8 Å². The normalized spacial score (nSPS) is 21.6. The van der Waals surface area contributed by atoms with Crippen molar-refractivity contribution in [3.05, 3.63) is 71.3 Å². The van der Waals surface area contributed by atoms with Crippen molar-refractivity contribution >= 4 is 11.8 Å². The molecule has 2 aliphatic rings. The molecule has 2 heterocycles. The summed E-state index contributed by atoms with van der Waals surface area (Å²) in [5.41, 5.74) is 3.58. The fourth-order valence-corrected chi connectivity index (χ4v) is 5.21. The molecule has 2 fully saturated rings. The maximum absolute atomic E-state index is 12.7. The van der Waals surface area contributed by atoms with E-state index in [4.69, 9.17) is 4.74 Å². The van der Waals surface area contributed by atoms with E-state index in [1.54, 1.807) is 0 Å². The van der Waals surface area contributed by atoms with Crippen molar-refractivity contribution < 1.29 is 14.3 Å². The molecule has 2 aliphatic heterocycles. The Morgan fingerprint density at radius 1 is 0.886 bits per heavy atom. The first-order valence-corrected chi connectivity index (χ1v) is 13.0. The maximum atomic E-state index is 12.7. The van der Waals surface area contributed by atoms with Gasteiger partial charge in [-0.2, -0.15) is 0 Å². The average Bonchev–Trinajstić information content (AvgIpc) is 2.87. The van der Waals surface area contributed by atoms with E-state index in [1.165, 1.54) is 11.1 Å². The lowest BCUT2D eigenvalue weighted by Crippen LogP contribution is -2.44. The fourth-order valence-electron chi connectivity index (χ4n) is 5.21. The number of hydrogen-bond acceptors (Lipinski definition) is 4. The minimum Gasteiger partial charge on any atom is -0.373 e. The second kappa shape index (κ2) is 12.3. The molecular formula is C29H39N3O3. The first-order chi connectivity index (χ1) is 17.0. The van der Waals surface area contributed by atoms with Gasteiger partial charge in [0, 0.05) is 51.6 Å². The minimum absolute atomic E-state index is 0.0160. The number of carbonyl (C=O) groups excluding carboxylic acids is 2. The van der Waals surface area contributed by atoms with Gasteiger partial charge in [-0.25, -0.2) is 0 Å². The summed E-state index contributed by atoms with van der Waals surface area (Å²) in [6.45, 7) is 8.97. The molecule has 2 saturated heterocycles. The van der Waals surface area contributed by atoms with E-state index < -0.39 is 0 Å². The first kappa shape index (κ1) is 25.4. The van der Waals surface area contributed by atoms with Gasteiger partial charge in [0.25, 0.3) is 0 Å². The standard InChI is InChI=1S/C29H39N3O3/c1-22-19-31(20-23(2)35-22)21-26-10-8-25(9-11-26)18-30-29(34)27-14-16-32(17-15-27)28(33)13-12-24-6-4-3-5-7-24/h3-11,22-23,27H,12-21H2,1-2H3,(H,30,34). The summed E-state index contributed by atoms with van der Waals surface area (Å²) < 4.78 is 5.82. The smallest absolute Gasteiger partial charge is 0.223 e. The van der Waals surface area contributed by atoms with E-state index in [0.29, 0.717) is 26.1 Å². The third-order valence-electron chi connectivity index (χ3n) is 7.08. The Morgan fingerprint density at radius 3 is 2.17 bits per heavy atom. The van der Waals surface area contributed by atoms with Crippen LogP contribution in [-0.4, -0.2) is 60.0 Å². The molecule has 188 valence electrons. The summed E-state index contributed by atoms with van der Waals surface area (Å²) in [6, 6.07) is 18.6. The van der Waals surface area contributed by atoms with Gasteiger partial charge >= 0.3 is 0 Å². The van der Waals surface area contributed by atoms with Crippen molar-refractivity contribution in [2.45, 2.75) is 64.8 Å². The van der Waals surface area contributed by atoms with Crippen LogP contribution in [0.25, 0.3) is 0 Å². The zero-order valence-electron chi connectivity index (χ0n) is 21.1.